The number of thiazole rings is 1. The first-order chi connectivity index (χ1) is 12.1. The zero-order valence-electron chi connectivity index (χ0n) is 14.0. The number of carbonyl (C=O) groups is 2. The number of halogens is 1. The van der Waals surface area contributed by atoms with Crippen molar-refractivity contribution < 1.29 is 9.59 Å². The van der Waals surface area contributed by atoms with Crippen LogP contribution in [0.1, 0.15) is 43.5 Å². The molecule has 0 bridgehead atoms. The minimum Gasteiger partial charge on any atom is -0.349 e. The van der Waals surface area contributed by atoms with Gasteiger partial charge < -0.3 is 5.32 Å². The molecule has 0 radical (unpaired) electrons. The first kappa shape index (κ1) is 17.9. The molecular formula is C18H20ClN3O2S. The molecule has 1 N–H and O–H groups in total. The van der Waals surface area contributed by atoms with Crippen LogP contribution in [0.4, 0.5) is 5.13 Å². The van der Waals surface area contributed by atoms with Gasteiger partial charge in [0.1, 0.15) is 0 Å². The highest BCUT2D eigenvalue weighted by Crippen LogP contribution is 2.25. The van der Waals surface area contributed by atoms with Gasteiger partial charge in [-0.05, 0) is 30.5 Å². The summed E-state index contributed by atoms with van der Waals surface area (Å²) in [6, 6.07) is 7.45. The quantitative estimate of drug-likeness (QED) is 0.834. The van der Waals surface area contributed by atoms with E-state index in [1.807, 2.05) is 36.6 Å². The third-order valence-corrected chi connectivity index (χ3v) is 5.37. The Hall–Kier alpha value is -1.92. The summed E-state index contributed by atoms with van der Waals surface area (Å²) in [5.41, 5.74) is 1.73. The molecule has 1 aromatic carbocycles. The van der Waals surface area contributed by atoms with Crippen molar-refractivity contribution in [1.82, 2.24) is 10.3 Å². The summed E-state index contributed by atoms with van der Waals surface area (Å²) < 4.78 is 0. The maximum absolute atomic E-state index is 12.4. The molecule has 25 heavy (non-hydrogen) atoms. The lowest BCUT2D eigenvalue weighted by atomic mass is 10.0. The molecule has 7 heteroatoms. The predicted molar refractivity (Wildman–Crippen MR) is 100 cm³/mol. The Kier molecular flexibility index (Phi) is 5.71. The van der Waals surface area contributed by atoms with Crippen LogP contribution in [-0.4, -0.2) is 23.3 Å². The molecule has 0 aliphatic carbocycles. The maximum Gasteiger partial charge on any atom is 0.228 e. The average molecular weight is 378 g/mol. The number of benzene rings is 1. The molecule has 1 atom stereocenters. The molecular weight excluding hydrogens is 358 g/mol. The van der Waals surface area contributed by atoms with E-state index in [9.17, 15) is 9.59 Å². The number of aromatic nitrogens is 1. The van der Waals surface area contributed by atoms with Gasteiger partial charge in [0.05, 0.1) is 18.2 Å². The maximum atomic E-state index is 12.4. The third kappa shape index (κ3) is 4.38. The lowest BCUT2D eigenvalue weighted by molar-refractivity contribution is -0.121. The zero-order valence-corrected chi connectivity index (χ0v) is 15.6. The van der Waals surface area contributed by atoms with Crippen LogP contribution in [0, 0.1) is 0 Å². The Bertz CT molecular complexity index is 760. The van der Waals surface area contributed by atoms with Crippen LogP contribution >= 0.6 is 22.9 Å². The second kappa shape index (κ2) is 7.97. The molecule has 0 spiro atoms. The Morgan fingerprint density at radius 1 is 1.40 bits per heavy atom. The first-order valence-electron chi connectivity index (χ1n) is 8.36. The molecule has 1 aliphatic heterocycles. The van der Waals surface area contributed by atoms with Gasteiger partial charge in [-0.15, -0.1) is 11.3 Å². The van der Waals surface area contributed by atoms with E-state index in [1.165, 1.54) is 11.3 Å². The third-order valence-electron chi connectivity index (χ3n) is 4.20. The predicted octanol–water partition coefficient (Wildman–Crippen LogP) is 3.73. The van der Waals surface area contributed by atoms with Crippen molar-refractivity contribution in [3.8, 4) is 0 Å². The van der Waals surface area contributed by atoms with Crippen molar-refractivity contribution in [1.29, 1.82) is 0 Å². The van der Waals surface area contributed by atoms with Gasteiger partial charge in [-0.25, -0.2) is 4.98 Å². The van der Waals surface area contributed by atoms with Gasteiger partial charge in [0.15, 0.2) is 5.13 Å². The van der Waals surface area contributed by atoms with Crippen LogP contribution in [0.5, 0.6) is 0 Å². The SMILES string of the molecule is CCC(NC(=O)Cc1csc(N2CCCC2=O)n1)c1ccc(Cl)cc1. The topological polar surface area (TPSA) is 62.3 Å². The van der Waals surface area contributed by atoms with E-state index in [0.29, 0.717) is 28.8 Å². The Morgan fingerprint density at radius 2 is 2.16 bits per heavy atom. The van der Waals surface area contributed by atoms with E-state index in [1.54, 1.807) is 4.90 Å². The van der Waals surface area contributed by atoms with Gasteiger partial charge in [-0.3, -0.25) is 14.5 Å². The van der Waals surface area contributed by atoms with E-state index in [4.69, 9.17) is 11.6 Å². The van der Waals surface area contributed by atoms with Crippen LogP contribution in [0.3, 0.4) is 0 Å². The minimum atomic E-state index is -0.0774. The van der Waals surface area contributed by atoms with Gasteiger partial charge in [0.2, 0.25) is 11.8 Å². The Morgan fingerprint density at radius 3 is 2.80 bits per heavy atom. The highest BCUT2D eigenvalue weighted by Gasteiger charge is 2.24. The van der Waals surface area contributed by atoms with Crippen LogP contribution < -0.4 is 10.2 Å². The summed E-state index contributed by atoms with van der Waals surface area (Å²) in [4.78, 5) is 30.3. The van der Waals surface area contributed by atoms with Gasteiger partial charge in [-0.2, -0.15) is 0 Å². The van der Waals surface area contributed by atoms with Crippen molar-refractivity contribution in [3.05, 3.63) is 45.9 Å². The molecule has 1 aromatic heterocycles. The standard InChI is InChI=1S/C18H20ClN3O2S/c1-2-15(12-5-7-13(19)8-6-12)21-16(23)10-14-11-25-18(20-14)22-9-3-4-17(22)24/h5-8,11,15H,2-4,9-10H2,1H3,(H,21,23). The summed E-state index contributed by atoms with van der Waals surface area (Å²) in [6.45, 7) is 2.74. The van der Waals surface area contributed by atoms with Crippen molar-refractivity contribution >= 4 is 39.9 Å². The van der Waals surface area contributed by atoms with Gasteiger partial charge in [0.25, 0.3) is 0 Å². The number of rotatable bonds is 6. The van der Waals surface area contributed by atoms with Crippen LogP contribution in [0.25, 0.3) is 0 Å². The zero-order chi connectivity index (χ0) is 17.8. The molecule has 1 unspecified atom stereocenters. The van der Waals surface area contributed by atoms with E-state index in [2.05, 4.69) is 10.3 Å². The average Bonchev–Trinajstić information content (AvgIpc) is 3.22. The molecule has 1 fully saturated rings. The molecule has 2 amide bonds. The fourth-order valence-electron chi connectivity index (χ4n) is 2.88. The van der Waals surface area contributed by atoms with E-state index in [-0.39, 0.29) is 24.3 Å². The highest BCUT2D eigenvalue weighted by molar-refractivity contribution is 7.14. The molecule has 132 valence electrons. The van der Waals surface area contributed by atoms with Crippen molar-refractivity contribution in [3.63, 3.8) is 0 Å². The highest BCUT2D eigenvalue weighted by atomic mass is 35.5. The van der Waals surface area contributed by atoms with Gasteiger partial charge >= 0.3 is 0 Å². The van der Waals surface area contributed by atoms with E-state index in [0.717, 1.165) is 18.4 Å². The summed E-state index contributed by atoms with van der Waals surface area (Å²) in [6.07, 6.45) is 2.45. The molecule has 0 saturated carbocycles. The lowest BCUT2D eigenvalue weighted by Gasteiger charge is -2.17. The first-order valence-corrected chi connectivity index (χ1v) is 9.62. The summed E-state index contributed by atoms with van der Waals surface area (Å²) in [7, 11) is 0. The summed E-state index contributed by atoms with van der Waals surface area (Å²) >= 11 is 7.33. The molecule has 2 heterocycles. The normalized spacial score (nSPS) is 15.4. The number of carbonyl (C=O) groups excluding carboxylic acids is 2. The summed E-state index contributed by atoms with van der Waals surface area (Å²) in [5, 5.41) is 6.26. The number of nitrogens with zero attached hydrogens (tertiary/aromatic N) is 2. The Labute approximate surface area is 156 Å². The van der Waals surface area contributed by atoms with Crippen LogP contribution in [0.2, 0.25) is 5.02 Å². The number of nitrogens with one attached hydrogen (secondary N) is 1. The second-order valence-corrected chi connectivity index (χ2v) is 7.30. The van der Waals surface area contributed by atoms with Crippen LogP contribution in [-0.2, 0) is 16.0 Å². The van der Waals surface area contributed by atoms with Crippen molar-refractivity contribution in [2.24, 2.45) is 0 Å². The van der Waals surface area contributed by atoms with Gasteiger partial charge in [0, 0.05) is 23.4 Å². The second-order valence-electron chi connectivity index (χ2n) is 6.03. The monoisotopic (exact) mass is 377 g/mol. The fraction of sp³-hybridized carbons (Fsp3) is 0.389. The number of anilines is 1. The van der Waals surface area contributed by atoms with E-state index >= 15 is 0 Å². The lowest BCUT2D eigenvalue weighted by Crippen LogP contribution is -2.29. The number of hydrogen-bond acceptors (Lipinski definition) is 4. The minimum absolute atomic E-state index is 0.0527. The smallest absolute Gasteiger partial charge is 0.228 e. The number of amides is 2. The molecule has 2 aromatic rings. The van der Waals surface area contributed by atoms with Gasteiger partial charge in [-0.1, -0.05) is 30.7 Å². The molecule has 3 rings (SSSR count). The molecule has 5 nitrogen and oxygen atoms in total. The van der Waals surface area contributed by atoms with E-state index < -0.39 is 0 Å². The van der Waals surface area contributed by atoms with Crippen molar-refractivity contribution in [2.75, 3.05) is 11.4 Å². The Balaban J connectivity index is 1.61. The largest absolute Gasteiger partial charge is 0.349 e. The van der Waals surface area contributed by atoms with Crippen molar-refractivity contribution in [2.45, 2.75) is 38.6 Å². The number of hydrogen-bond donors (Lipinski definition) is 1. The summed E-state index contributed by atoms with van der Waals surface area (Å²) in [5.74, 6) is 0.0329. The molecule has 1 aliphatic rings. The van der Waals surface area contributed by atoms with Crippen LogP contribution in [0.15, 0.2) is 29.6 Å². The molecule has 1 saturated heterocycles. The fourth-order valence-corrected chi connectivity index (χ4v) is 3.87.